The molecular formula is C30H37N3O8. The molecule has 41 heavy (non-hydrogen) atoms. The highest BCUT2D eigenvalue weighted by Crippen LogP contribution is 2.29. The van der Waals surface area contributed by atoms with Crippen LogP contribution in [0.4, 0.5) is 0 Å². The summed E-state index contributed by atoms with van der Waals surface area (Å²) in [7, 11) is 2.84. The number of rotatable bonds is 5. The zero-order chi connectivity index (χ0) is 29.2. The molecule has 0 unspecified atom stereocenters. The standard InChI is InChI=1S/C30H37N3O8/c1-38-26-16-20-8-12-25(26)40-19-28(35)32-23-18-33(29(36)4-3-5-30(37)39-2)15-14-24(23)41-22-10-6-21(7-11-22)17-31-27(34)13-9-20/h6-8,10-12,16,23-24H,3-5,9,13-15,17-19H2,1-2H3,(H,31,34)(H,32,35)/t23-,24-/m1/s1. The van der Waals surface area contributed by atoms with Crippen molar-refractivity contribution in [1.29, 1.82) is 0 Å². The number of esters is 1. The summed E-state index contributed by atoms with van der Waals surface area (Å²) in [6.45, 7) is 0.849. The fourth-order valence-electron chi connectivity index (χ4n) is 4.87. The second-order valence-corrected chi connectivity index (χ2v) is 10.1. The van der Waals surface area contributed by atoms with Crippen molar-refractivity contribution >= 4 is 23.7 Å². The lowest BCUT2D eigenvalue weighted by Gasteiger charge is -2.39. The van der Waals surface area contributed by atoms with Crippen molar-refractivity contribution in [2.75, 3.05) is 33.9 Å². The maximum atomic E-state index is 13.0. The Morgan fingerprint density at radius 2 is 1.78 bits per heavy atom. The Morgan fingerprint density at radius 3 is 2.54 bits per heavy atom. The van der Waals surface area contributed by atoms with Gasteiger partial charge in [-0.2, -0.15) is 0 Å². The van der Waals surface area contributed by atoms with Gasteiger partial charge in [-0.25, -0.2) is 0 Å². The highest BCUT2D eigenvalue weighted by Gasteiger charge is 2.34. The minimum absolute atomic E-state index is 0.0647. The van der Waals surface area contributed by atoms with Crippen LogP contribution in [0.2, 0.25) is 0 Å². The molecule has 5 aliphatic heterocycles. The molecule has 11 nitrogen and oxygen atoms in total. The van der Waals surface area contributed by atoms with Crippen molar-refractivity contribution in [2.24, 2.45) is 0 Å². The number of carbonyl (C=O) groups is 4. The van der Waals surface area contributed by atoms with E-state index in [9.17, 15) is 19.2 Å². The molecule has 2 aromatic carbocycles. The molecule has 5 aliphatic rings. The average Bonchev–Trinajstić information content (AvgIpc) is 2.98. The molecular weight excluding hydrogens is 530 g/mol. The zero-order valence-corrected chi connectivity index (χ0v) is 23.5. The first-order chi connectivity index (χ1) is 19.8. The lowest BCUT2D eigenvalue weighted by Crippen LogP contribution is -2.58. The van der Waals surface area contributed by atoms with Crippen LogP contribution in [0.5, 0.6) is 17.2 Å². The van der Waals surface area contributed by atoms with E-state index in [0.717, 1.165) is 11.1 Å². The number of aryl methyl sites for hydroxylation is 1. The molecule has 0 spiro atoms. The second-order valence-electron chi connectivity index (χ2n) is 10.1. The number of methoxy groups -OCH3 is 2. The Hall–Kier alpha value is -4.28. The highest BCUT2D eigenvalue weighted by molar-refractivity contribution is 5.79. The predicted molar refractivity (Wildman–Crippen MR) is 149 cm³/mol. The molecule has 3 amide bonds. The topological polar surface area (TPSA) is 132 Å². The van der Waals surface area contributed by atoms with E-state index in [4.69, 9.17) is 14.2 Å². The van der Waals surface area contributed by atoms with Crippen molar-refractivity contribution in [3.05, 3.63) is 53.6 Å². The first kappa shape index (κ1) is 29.7. The first-order valence-corrected chi connectivity index (χ1v) is 13.8. The van der Waals surface area contributed by atoms with Crippen molar-refractivity contribution in [3.63, 3.8) is 0 Å². The van der Waals surface area contributed by atoms with Gasteiger partial charge in [0.1, 0.15) is 11.9 Å². The quantitative estimate of drug-likeness (QED) is 0.526. The molecule has 1 fully saturated rings. The van der Waals surface area contributed by atoms with Gasteiger partial charge >= 0.3 is 5.97 Å². The number of nitrogens with zero attached hydrogens (tertiary/aromatic N) is 1. The van der Waals surface area contributed by atoms with Crippen LogP contribution in [0.3, 0.4) is 0 Å². The van der Waals surface area contributed by atoms with Crippen molar-refractivity contribution in [1.82, 2.24) is 15.5 Å². The van der Waals surface area contributed by atoms with E-state index in [1.54, 1.807) is 17.0 Å². The number of amides is 3. The van der Waals surface area contributed by atoms with Crippen molar-refractivity contribution in [2.45, 2.75) is 57.2 Å². The Labute approximate surface area is 239 Å². The van der Waals surface area contributed by atoms with Crippen molar-refractivity contribution < 1.29 is 38.1 Å². The average molecular weight is 568 g/mol. The molecule has 220 valence electrons. The normalized spacial score (nSPS) is 19.6. The summed E-state index contributed by atoms with van der Waals surface area (Å²) in [5.41, 5.74) is 1.84. The first-order valence-electron chi connectivity index (χ1n) is 13.8. The van der Waals surface area contributed by atoms with Gasteiger partial charge in [0.25, 0.3) is 5.91 Å². The molecule has 4 bridgehead atoms. The molecule has 2 aromatic rings. The molecule has 0 aliphatic carbocycles. The van der Waals surface area contributed by atoms with Crippen LogP contribution in [0.15, 0.2) is 42.5 Å². The molecule has 1 saturated heterocycles. The number of hydrogen-bond donors (Lipinski definition) is 2. The van der Waals surface area contributed by atoms with Gasteiger partial charge in [0.15, 0.2) is 18.1 Å². The maximum absolute atomic E-state index is 13.0. The third-order valence-corrected chi connectivity index (χ3v) is 7.18. The minimum Gasteiger partial charge on any atom is -0.493 e. The number of carbonyl (C=O) groups excluding carboxylic acids is 4. The number of benzene rings is 2. The summed E-state index contributed by atoms with van der Waals surface area (Å²) in [5.74, 6) is 0.613. The van der Waals surface area contributed by atoms with E-state index in [-0.39, 0.29) is 55.8 Å². The lowest BCUT2D eigenvalue weighted by molar-refractivity contribution is -0.141. The minimum atomic E-state index is -0.488. The smallest absolute Gasteiger partial charge is 0.305 e. The van der Waals surface area contributed by atoms with Crippen LogP contribution in [0.25, 0.3) is 0 Å². The Morgan fingerprint density at radius 1 is 1.00 bits per heavy atom. The summed E-state index contributed by atoms with van der Waals surface area (Å²) in [4.78, 5) is 51.4. The molecule has 0 radical (unpaired) electrons. The number of piperidine rings is 1. The highest BCUT2D eigenvalue weighted by atomic mass is 16.5. The summed E-state index contributed by atoms with van der Waals surface area (Å²) in [6.07, 6.45) is 1.73. The Balaban J connectivity index is 1.50. The SMILES string of the molecule is COC(=O)CCCC(=O)N1CC[C@H]2Oc3ccc(cc3)CNC(=O)CCc3ccc(c(OC)c3)OCC(=O)N[C@@H]2C1. The molecule has 2 N–H and O–H groups in total. The largest absolute Gasteiger partial charge is 0.493 e. The van der Waals surface area contributed by atoms with Crippen LogP contribution in [0, 0.1) is 0 Å². The van der Waals surface area contributed by atoms with Gasteiger partial charge in [-0.15, -0.1) is 0 Å². The van der Waals surface area contributed by atoms with Gasteiger partial charge in [0, 0.05) is 45.3 Å². The van der Waals surface area contributed by atoms with E-state index in [0.29, 0.717) is 56.0 Å². The van der Waals surface area contributed by atoms with Crippen LogP contribution in [-0.2, 0) is 36.9 Å². The van der Waals surface area contributed by atoms with Crippen LogP contribution in [0.1, 0.15) is 43.2 Å². The summed E-state index contributed by atoms with van der Waals surface area (Å²) < 4.78 is 22.1. The van der Waals surface area contributed by atoms with Gasteiger partial charge in [-0.05, 0) is 48.2 Å². The monoisotopic (exact) mass is 567 g/mol. The van der Waals surface area contributed by atoms with Gasteiger partial charge in [0.05, 0.1) is 20.3 Å². The maximum Gasteiger partial charge on any atom is 0.305 e. The van der Waals surface area contributed by atoms with Crippen LogP contribution < -0.4 is 24.8 Å². The summed E-state index contributed by atoms with van der Waals surface area (Å²) >= 11 is 0. The van der Waals surface area contributed by atoms with Gasteiger partial charge in [-0.1, -0.05) is 18.2 Å². The molecule has 0 saturated carbocycles. The summed E-state index contributed by atoms with van der Waals surface area (Å²) in [5, 5.41) is 5.93. The lowest BCUT2D eigenvalue weighted by atomic mass is 10.0. The number of hydrogen-bond acceptors (Lipinski definition) is 8. The second kappa shape index (κ2) is 14.4. The number of ether oxygens (including phenoxy) is 4. The van der Waals surface area contributed by atoms with Gasteiger partial charge < -0.3 is 34.5 Å². The fourth-order valence-corrected chi connectivity index (χ4v) is 4.87. The van der Waals surface area contributed by atoms with E-state index < -0.39 is 6.04 Å². The van der Waals surface area contributed by atoms with Gasteiger partial charge in [-0.3, -0.25) is 19.2 Å². The molecule has 11 heteroatoms. The molecule has 0 aromatic heterocycles. The summed E-state index contributed by atoms with van der Waals surface area (Å²) in [6, 6.07) is 12.3. The third kappa shape index (κ3) is 8.60. The van der Waals surface area contributed by atoms with E-state index >= 15 is 0 Å². The van der Waals surface area contributed by atoms with E-state index in [1.807, 2.05) is 30.3 Å². The van der Waals surface area contributed by atoms with Crippen LogP contribution >= 0.6 is 0 Å². The third-order valence-electron chi connectivity index (χ3n) is 7.18. The Kier molecular flexibility index (Phi) is 10.4. The number of nitrogens with one attached hydrogen (secondary N) is 2. The van der Waals surface area contributed by atoms with Crippen molar-refractivity contribution in [3.8, 4) is 17.2 Å². The number of likely N-dealkylation sites (tertiary alicyclic amines) is 1. The predicted octanol–water partition coefficient (Wildman–Crippen LogP) is 2.14. The molecule has 7 rings (SSSR count). The van der Waals surface area contributed by atoms with Crippen LogP contribution in [-0.4, -0.2) is 74.7 Å². The van der Waals surface area contributed by atoms with E-state index in [1.165, 1.54) is 14.2 Å². The van der Waals surface area contributed by atoms with Gasteiger partial charge in [0.2, 0.25) is 11.8 Å². The zero-order valence-electron chi connectivity index (χ0n) is 23.5. The fraction of sp³-hybridized carbons (Fsp3) is 0.467. The molecule has 5 heterocycles. The molecule has 2 atom stereocenters. The van der Waals surface area contributed by atoms with E-state index in [2.05, 4.69) is 15.4 Å². The Bertz CT molecular complexity index is 1230.